The molecule has 23 heavy (non-hydrogen) atoms. The molecular formula is C16H26N2O4Si. The van der Waals surface area contributed by atoms with Crippen molar-refractivity contribution in [3.05, 3.63) is 17.0 Å². The molecule has 2 aliphatic rings. The van der Waals surface area contributed by atoms with E-state index in [1.54, 1.807) is 4.68 Å². The molecule has 1 N–H and O–H groups in total. The van der Waals surface area contributed by atoms with E-state index in [1.165, 1.54) is 0 Å². The van der Waals surface area contributed by atoms with Crippen LogP contribution in [0.1, 0.15) is 28.2 Å². The first-order valence-corrected chi connectivity index (χ1v) is 12.0. The van der Waals surface area contributed by atoms with Gasteiger partial charge in [-0.2, -0.15) is 5.10 Å². The maximum absolute atomic E-state index is 11.5. The Morgan fingerprint density at radius 1 is 1.43 bits per heavy atom. The fraction of sp³-hybridized carbons (Fsp3) is 0.750. The van der Waals surface area contributed by atoms with Gasteiger partial charge in [-0.3, -0.25) is 0 Å². The summed E-state index contributed by atoms with van der Waals surface area (Å²) in [6.07, 6.45) is 2.66. The minimum absolute atomic E-state index is 0.143. The lowest BCUT2D eigenvalue weighted by Crippen LogP contribution is -2.46. The van der Waals surface area contributed by atoms with Gasteiger partial charge < -0.3 is 14.6 Å². The molecule has 0 unspecified atom stereocenters. The van der Waals surface area contributed by atoms with Crippen LogP contribution in [0, 0.1) is 5.41 Å². The molecule has 0 aromatic carbocycles. The summed E-state index contributed by atoms with van der Waals surface area (Å²) in [6, 6.07) is 1.10. The number of rotatable bonds is 6. The van der Waals surface area contributed by atoms with Gasteiger partial charge in [0.05, 0.1) is 13.2 Å². The van der Waals surface area contributed by atoms with Crippen molar-refractivity contribution in [2.75, 3.05) is 19.8 Å². The third-order valence-corrected chi connectivity index (χ3v) is 6.54. The van der Waals surface area contributed by atoms with E-state index >= 15 is 0 Å². The molecule has 0 bridgehead atoms. The second-order valence-corrected chi connectivity index (χ2v) is 13.7. The lowest BCUT2D eigenvalue weighted by molar-refractivity contribution is -0.120. The topological polar surface area (TPSA) is 73.6 Å². The predicted octanol–water partition coefficient (Wildman–Crippen LogP) is 2.40. The quantitative estimate of drug-likeness (QED) is 0.637. The highest BCUT2D eigenvalue weighted by Crippen LogP contribution is 2.42. The number of ether oxygens (including phenoxy) is 2. The van der Waals surface area contributed by atoms with Gasteiger partial charge in [0.25, 0.3) is 0 Å². The van der Waals surface area contributed by atoms with Crippen LogP contribution in [0.15, 0.2) is 0 Å². The van der Waals surface area contributed by atoms with Crippen LogP contribution in [0.2, 0.25) is 25.7 Å². The van der Waals surface area contributed by atoms with Crippen LogP contribution in [0.25, 0.3) is 0 Å². The van der Waals surface area contributed by atoms with Crippen LogP contribution in [-0.4, -0.2) is 48.8 Å². The van der Waals surface area contributed by atoms with Crippen LogP contribution in [0.4, 0.5) is 0 Å². The molecule has 0 saturated carbocycles. The summed E-state index contributed by atoms with van der Waals surface area (Å²) in [4.78, 5) is 11.5. The zero-order chi connectivity index (χ0) is 16.7. The molecule has 1 aromatic heterocycles. The summed E-state index contributed by atoms with van der Waals surface area (Å²) in [6.45, 7) is 9.49. The van der Waals surface area contributed by atoms with Crippen molar-refractivity contribution in [3.8, 4) is 0 Å². The lowest BCUT2D eigenvalue weighted by Gasteiger charge is -2.44. The molecule has 7 heteroatoms. The second-order valence-electron chi connectivity index (χ2n) is 8.10. The van der Waals surface area contributed by atoms with Crippen molar-refractivity contribution in [1.82, 2.24) is 9.78 Å². The first-order valence-electron chi connectivity index (χ1n) is 8.27. The molecule has 0 atom stereocenters. The predicted molar refractivity (Wildman–Crippen MR) is 88.6 cm³/mol. The zero-order valence-corrected chi connectivity index (χ0v) is 15.2. The number of fused-ring (bicyclic) bond motifs is 1. The number of hydrogen-bond donors (Lipinski definition) is 1. The van der Waals surface area contributed by atoms with Gasteiger partial charge in [-0.1, -0.05) is 19.6 Å². The number of carboxylic acids is 1. The average molecular weight is 338 g/mol. The molecule has 0 radical (unpaired) electrons. The van der Waals surface area contributed by atoms with Gasteiger partial charge in [0.15, 0.2) is 5.69 Å². The van der Waals surface area contributed by atoms with E-state index in [-0.39, 0.29) is 11.1 Å². The van der Waals surface area contributed by atoms with Gasteiger partial charge >= 0.3 is 5.97 Å². The first kappa shape index (κ1) is 16.7. The molecule has 1 aliphatic carbocycles. The van der Waals surface area contributed by atoms with Crippen LogP contribution in [0.5, 0.6) is 0 Å². The Hall–Kier alpha value is -1.18. The lowest BCUT2D eigenvalue weighted by atomic mass is 9.71. The summed E-state index contributed by atoms with van der Waals surface area (Å²) < 4.78 is 12.9. The Balaban J connectivity index is 1.72. The van der Waals surface area contributed by atoms with E-state index in [9.17, 15) is 9.90 Å². The SMILES string of the molecule is C[Si](C)(C)CCOCn1nc(C(=O)O)c2c1CCC1(COC1)C2. The fourth-order valence-corrected chi connectivity index (χ4v) is 4.05. The van der Waals surface area contributed by atoms with Crippen molar-refractivity contribution >= 4 is 14.0 Å². The maximum Gasteiger partial charge on any atom is 0.356 e. The molecule has 6 nitrogen and oxygen atoms in total. The molecule has 1 aliphatic heterocycles. The van der Waals surface area contributed by atoms with Crippen LogP contribution >= 0.6 is 0 Å². The van der Waals surface area contributed by atoms with E-state index in [4.69, 9.17) is 9.47 Å². The maximum atomic E-state index is 11.5. The van der Waals surface area contributed by atoms with Gasteiger partial charge in [0, 0.05) is 31.4 Å². The Kier molecular flexibility index (Phi) is 4.37. The summed E-state index contributed by atoms with van der Waals surface area (Å²) in [5.74, 6) is -0.945. The highest BCUT2D eigenvalue weighted by molar-refractivity contribution is 6.76. The summed E-state index contributed by atoms with van der Waals surface area (Å²) in [5.41, 5.74) is 2.26. The molecule has 128 valence electrons. The molecule has 1 aromatic rings. The highest BCUT2D eigenvalue weighted by atomic mass is 28.3. The largest absolute Gasteiger partial charge is 0.476 e. The Bertz CT molecular complexity index is 602. The smallest absolute Gasteiger partial charge is 0.356 e. The van der Waals surface area contributed by atoms with Crippen LogP contribution < -0.4 is 0 Å². The van der Waals surface area contributed by atoms with Crippen LogP contribution in [-0.2, 0) is 29.0 Å². The van der Waals surface area contributed by atoms with Gasteiger partial charge in [0.2, 0.25) is 0 Å². The monoisotopic (exact) mass is 338 g/mol. The minimum Gasteiger partial charge on any atom is -0.476 e. The Morgan fingerprint density at radius 2 is 2.17 bits per heavy atom. The third kappa shape index (κ3) is 3.51. The molecule has 1 spiro atoms. The second kappa shape index (κ2) is 6.03. The Labute approximate surface area is 137 Å². The number of aromatic nitrogens is 2. The van der Waals surface area contributed by atoms with Crippen molar-refractivity contribution in [1.29, 1.82) is 0 Å². The van der Waals surface area contributed by atoms with E-state index in [2.05, 4.69) is 24.7 Å². The van der Waals surface area contributed by atoms with Crippen LogP contribution in [0.3, 0.4) is 0 Å². The first-order chi connectivity index (χ1) is 10.8. The molecule has 1 saturated heterocycles. The standard InChI is InChI=1S/C16H26N2O4Si/c1-23(2,3)7-6-21-11-18-13-4-5-16(9-22-10-16)8-12(13)14(17-18)15(19)20/h4-11H2,1-3H3,(H,19,20). The number of carbonyl (C=O) groups is 1. The number of carboxylic acid groups (broad SMARTS) is 1. The van der Waals surface area contributed by atoms with Crippen molar-refractivity contribution < 1.29 is 19.4 Å². The summed E-state index contributed by atoms with van der Waals surface area (Å²) >= 11 is 0. The van der Waals surface area contributed by atoms with Gasteiger partial charge in [-0.05, 0) is 25.3 Å². The number of aromatic carboxylic acids is 1. The molecule has 1 fully saturated rings. The van der Waals surface area contributed by atoms with E-state index in [0.717, 1.165) is 49.8 Å². The van der Waals surface area contributed by atoms with E-state index in [1.807, 2.05) is 0 Å². The van der Waals surface area contributed by atoms with E-state index in [0.29, 0.717) is 13.3 Å². The average Bonchev–Trinajstić information content (AvgIpc) is 2.79. The molecule has 2 heterocycles. The van der Waals surface area contributed by atoms with Gasteiger partial charge in [-0.15, -0.1) is 0 Å². The summed E-state index contributed by atoms with van der Waals surface area (Å²) in [5, 5.41) is 13.8. The number of nitrogens with zero attached hydrogens (tertiary/aromatic N) is 2. The third-order valence-electron chi connectivity index (χ3n) is 4.84. The van der Waals surface area contributed by atoms with Crippen molar-refractivity contribution in [2.24, 2.45) is 5.41 Å². The molecule has 3 rings (SSSR count). The highest BCUT2D eigenvalue weighted by Gasteiger charge is 2.44. The van der Waals surface area contributed by atoms with Gasteiger partial charge in [-0.25, -0.2) is 9.48 Å². The van der Waals surface area contributed by atoms with Gasteiger partial charge in [0.1, 0.15) is 6.73 Å². The molecular weight excluding hydrogens is 312 g/mol. The van der Waals surface area contributed by atoms with E-state index < -0.39 is 14.0 Å². The fourth-order valence-electron chi connectivity index (χ4n) is 3.29. The molecule has 0 amide bonds. The van der Waals surface area contributed by atoms with Crippen molar-refractivity contribution in [3.63, 3.8) is 0 Å². The Morgan fingerprint density at radius 3 is 2.74 bits per heavy atom. The van der Waals surface area contributed by atoms with Crippen molar-refractivity contribution in [2.45, 2.75) is 51.7 Å². The summed E-state index contributed by atoms with van der Waals surface area (Å²) in [7, 11) is -1.12. The number of hydrogen-bond acceptors (Lipinski definition) is 4. The zero-order valence-electron chi connectivity index (χ0n) is 14.2. The normalized spacial score (nSPS) is 19.4. The minimum atomic E-state index is -1.12.